The van der Waals surface area contributed by atoms with E-state index in [-0.39, 0.29) is 11.4 Å². The second-order valence-electron chi connectivity index (χ2n) is 3.69. The van der Waals surface area contributed by atoms with E-state index >= 15 is 0 Å². The predicted octanol–water partition coefficient (Wildman–Crippen LogP) is 1.39. The highest BCUT2D eigenvalue weighted by Gasteiger charge is 2.12. The predicted molar refractivity (Wildman–Crippen MR) is 67.5 cm³/mol. The molecule has 6 nitrogen and oxygen atoms in total. The van der Waals surface area contributed by atoms with Crippen LogP contribution in [0.2, 0.25) is 0 Å². The fraction of sp³-hybridized carbons (Fsp3) is 0.0833. The number of rotatable bonds is 4. The highest BCUT2D eigenvalue weighted by atomic mass is 16.3. The van der Waals surface area contributed by atoms with Gasteiger partial charge in [-0.2, -0.15) is 0 Å². The number of aromatic hydroxyl groups is 1. The largest absolute Gasteiger partial charge is 0.504 e. The molecule has 92 valence electrons. The van der Waals surface area contributed by atoms with Crippen LogP contribution in [-0.4, -0.2) is 22.9 Å². The van der Waals surface area contributed by atoms with E-state index in [1.807, 2.05) is 0 Å². The molecule has 0 aliphatic carbocycles. The normalized spacial score (nSPS) is 10.1. The number of phenolic OH excluding ortho intramolecular Hbond substituents is 1. The molecule has 2 amide bonds. The SMILES string of the molecule is Cc1ccc2c(NC=O)cc(NC=O)c(O)c2n1. The van der Waals surface area contributed by atoms with Crippen molar-refractivity contribution in [3.8, 4) is 5.75 Å². The van der Waals surface area contributed by atoms with Crippen molar-refractivity contribution in [3.05, 3.63) is 23.9 Å². The molecule has 0 bridgehead atoms. The Morgan fingerprint density at radius 2 is 1.83 bits per heavy atom. The molecule has 18 heavy (non-hydrogen) atoms. The molecule has 0 fully saturated rings. The van der Waals surface area contributed by atoms with Crippen LogP contribution in [0, 0.1) is 6.92 Å². The van der Waals surface area contributed by atoms with Gasteiger partial charge >= 0.3 is 0 Å². The first-order chi connectivity index (χ1) is 8.67. The molecule has 1 aromatic heterocycles. The van der Waals surface area contributed by atoms with Crippen LogP contribution in [0.3, 0.4) is 0 Å². The van der Waals surface area contributed by atoms with E-state index in [0.29, 0.717) is 29.4 Å². The summed E-state index contributed by atoms with van der Waals surface area (Å²) >= 11 is 0. The van der Waals surface area contributed by atoms with Crippen LogP contribution >= 0.6 is 0 Å². The molecule has 0 saturated heterocycles. The van der Waals surface area contributed by atoms with Crippen molar-refractivity contribution < 1.29 is 14.7 Å². The van der Waals surface area contributed by atoms with Crippen LogP contribution in [0.25, 0.3) is 10.9 Å². The number of anilines is 2. The minimum Gasteiger partial charge on any atom is -0.504 e. The number of pyridine rings is 1. The molecule has 1 aromatic carbocycles. The molecular weight excluding hydrogens is 234 g/mol. The maximum atomic E-state index is 10.6. The third-order valence-electron chi connectivity index (χ3n) is 2.52. The quantitative estimate of drug-likeness (QED) is 0.431. The monoisotopic (exact) mass is 245 g/mol. The number of fused-ring (bicyclic) bond motifs is 1. The molecule has 3 N–H and O–H groups in total. The average Bonchev–Trinajstić information content (AvgIpc) is 2.35. The number of hydrogen-bond acceptors (Lipinski definition) is 4. The summed E-state index contributed by atoms with van der Waals surface area (Å²) < 4.78 is 0. The van der Waals surface area contributed by atoms with Crippen LogP contribution in [0.4, 0.5) is 11.4 Å². The molecule has 0 spiro atoms. The van der Waals surface area contributed by atoms with E-state index in [1.54, 1.807) is 19.1 Å². The van der Waals surface area contributed by atoms with E-state index in [1.165, 1.54) is 6.07 Å². The number of amides is 2. The van der Waals surface area contributed by atoms with Crippen LogP contribution in [-0.2, 0) is 9.59 Å². The maximum absolute atomic E-state index is 10.6. The van der Waals surface area contributed by atoms with Gasteiger partial charge in [0.1, 0.15) is 5.52 Å². The Morgan fingerprint density at radius 3 is 2.50 bits per heavy atom. The zero-order valence-corrected chi connectivity index (χ0v) is 9.60. The first-order valence-electron chi connectivity index (χ1n) is 5.21. The Morgan fingerprint density at radius 1 is 1.17 bits per heavy atom. The van der Waals surface area contributed by atoms with Gasteiger partial charge in [-0.15, -0.1) is 0 Å². The summed E-state index contributed by atoms with van der Waals surface area (Å²) in [6.45, 7) is 1.78. The van der Waals surface area contributed by atoms with Crippen LogP contribution < -0.4 is 10.6 Å². The first-order valence-corrected chi connectivity index (χ1v) is 5.21. The lowest BCUT2D eigenvalue weighted by molar-refractivity contribution is -0.106. The van der Waals surface area contributed by atoms with Crippen molar-refractivity contribution in [2.24, 2.45) is 0 Å². The summed E-state index contributed by atoms with van der Waals surface area (Å²) in [7, 11) is 0. The van der Waals surface area contributed by atoms with Gasteiger partial charge in [0.25, 0.3) is 0 Å². The van der Waals surface area contributed by atoms with Gasteiger partial charge in [-0.3, -0.25) is 9.59 Å². The smallest absolute Gasteiger partial charge is 0.211 e. The van der Waals surface area contributed by atoms with Crippen molar-refractivity contribution >= 4 is 35.1 Å². The second kappa shape index (κ2) is 4.70. The van der Waals surface area contributed by atoms with Gasteiger partial charge in [-0.25, -0.2) is 4.98 Å². The number of phenols is 1. The molecule has 0 saturated carbocycles. The number of benzene rings is 1. The van der Waals surface area contributed by atoms with E-state index in [4.69, 9.17) is 0 Å². The first kappa shape index (κ1) is 11.8. The van der Waals surface area contributed by atoms with Crippen molar-refractivity contribution in [1.29, 1.82) is 0 Å². The van der Waals surface area contributed by atoms with Gasteiger partial charge in [-0.05, 0) is 25.1 Å². The second-order valence-corrected chi connectivity index (χ2v) is 3.69. The van der Waals surface area contributed by atoms with Gasteiger partial charge in [0, 0.05) is 11.1 Å². The third-order valence-corrected chi connectivity index (χ3v) is 2.52. The van der Waals surface area contributed by atoms with Crippen LogP contribution in [0.1, 0.15) is 5.69 Å². The number of nitrogens with one attached hydrogen (secondary N) is 2. The Balaban J connectivity index is 2.77. The summed E-state index contributed by atoms with van der Waals surface area (Å²) in [5.41, 5.74) is 1.71. The van der Waals surface area contributed by atoms with Gasteiger partial charge in [-0.1, -0.05) is 0 Å². The number of aromatic nitrogens is 1. The lowest BCUT2D eigenvalue weighted by Gasteiger charge is -2.11. The number of carbonyl (C=O) groups excluding carboxylic acids is 2. The Hall–Kier alpha value is -2.63. The van der Waals surface area contributed by atoms with Gasteiger partial charge in [0.05, 0.1) is 11.4 Å². The zero-order chi connectivity index (χ0) is 13.1. The molecule has 2 rings (SSSR count). The molecular formula is C12H11N3O3. The molecule has 1 heterocycles. The van der Waals surface area contributed by atoms with Crippen molar-refractivity contribution in [2.75, 3.05) is 10.6 Å². The van der Waals surface area contributed by atoms with Crippen LogP contribution in [0.15, 0.2) is 18.2 Å². The molecule has 0 atom stereocenters. The average molecular weight is 245 g/mol. The summed E-state index contributed by atoms with van der Waals surface area (Å²) in [5.74, 6) is -0.128. The van der Waals surface area contributed by atoms with E-state index < -0.39 is 0 Å². The van der Waals surface area contributed by atoms with Crippen LogP contribution in [0.5, 0.6) is 5.75 Å². The zero-order valence-electron chi connectivity index (χ0n) is 9.60. The summed E-state index contributed by atoms with van der Waals surface area (Å²) in [6, 6.07) is 4.98. The molecule has 6 heteroatoms. The lowest BCUT2D eigenvalue weighted by Crippen LogP contribution is -2.00. The summed E-state index contributed by atoms with van der Waals surface area (Å²) in [6.07, 6.45) is 0.970. The van der Waals surface area contributed by atoms with Gasteiger partial charge in [0.2, 0.25) is 12.8 Å². The summed E-state index contributed by atoms with van der Waals surface area (Å²) in [5, 5.41) is 15.5. The topological polar surface area (TPSA) is 91.3 Å². The Bertz CT molecular complexity index is 625. The number of carbonyl (C=O) groups is 2. The van der Waals surface area contributed by atoms with Crippen molar-refractivity contribution in [2.45, 2.75) is 6.92 Å². The van der Waals surface area contributed by atoms with E-state index in [2.05, 4.69) is 15.6 Å². The standard InChI is InChI=1S/C12H11N3O3/c1-7-2-3-8-9(13-5-16)4-10(14-6-17)12(18)11(8)15-7/h2-6,18H,1H3,(H,13,16)(H,14,17). The van der Waals surface area contributed by atoms with E-state index in [9.17, 15) is 14.7 Å². The Labute approximate surface area is 103 Å². The van der Waals surface area contributed by atoms with Crippen molar-refractivity contribution in [1.82, 2.24) is 4.98 Å². The molecule has 0 aliphatic heterocycles. The van der Waals surface area contributed by atoms with Gasteiger partial charge < -0.3 is 15.7 Å². The Kier molecular flexibility index (Phi) is 3.09. The van der Waals surface area contributed by atoms with E-state index in [0.717, 1.165) is 5.69 Å². The maximum Gasteiger partial charge on any atom is 0.211 e. The number of hydrogen-bond donors (Lipinski definition) is 3. The van der Waals surface area contributed by atoms with Crippen molar-refractivity contribution in [3.63, 3.8) is 0 Å². The number of nitrogens with zero attached hydrogens (tertiary/aromatic N) is 1. The molecule has 0 aliphatic rings. The third kappa shape index (κ3) is 1.95. The highest BCUT2D eigenvalue weighted by molar-refractivity contribution is 6.03. The molecule has 0 radical (unpaired) electrons. The highest BCUT2D eigenvalue weighted by Crippen LogP contribution is 2.36. The fourth-order valence-electron chi connectivity index (χ4n) is 1.73. The van der Waals surface area contributed by atoms with Gasteiger partial charge in [0.15, 0.2) is 5.75 Å². The minimum atomic E-state index is -0.128. The summed E-state index contributed by atoms with van der Waals surface area (Å²) in [4.78, 5) is 25.2. The lowest BCUT2D eigenvalue weighted by atomic mass is 10.1. The fourth-order valence-corrected chi connectivity index (χ4v) is 1.73. The molecule has 2 aromatic rings. The minimum absolute atomic E-state index is 0.128. The molecule has 0 unspecified atom stereocenters. The number of aryl methyl sites for hydroxylation is 1.